The van der Waals surface area contributed by atoms with Crippen LogP contribution in [-0.2, 0) is 6.42 Å². The summed E-state index contributed by atoms with van der Waals surface area (Å²) in [4.78, 5) is 4.28. The third-order valence-corrected chi connectivity index (χ3v) is 4.03. The number of rotatable bonds is 4. The van der Waals surface area contributed by atoms with E-state index in [4.69, 9.17) is 10.3 Å². The second kappa shape index (κ2) is 6.40. The highest BCUT2D eigenvalue weighted by atomic mass is 19.1. The van der Waals surface area contributed by atoms with E-state index in [-0.39, 0.29) is 11.7 Å². The molecular weight excluding hydrogens is 335 g/mol. The Hall–Kier alpha value is -3.55. The van der Waals surface area contributed by atoms with Crippen molar-refractivity contribution in [3.63, 3.8) is 0 Å². The first-order valence-corrected chi connectivity index (χ1v) is 8.06. The fourth-order valence-corrected chi connectivity index (χ4v) is 2.54. The van der Waals surface area contributed by atoms with E-state index in [0.717, 1.165) is 12.1 Å². The molecule has 26 heavy (non-hydrogen) atoms. The summed E-state index contributed by atoms with van der Waals surface area (Å²) >= 11 is 0. The lowest BCUT2D eigenvalue weighted by Crippen LogP contribution is -2.02. The van der Waals surface area contributed by atoms with Crippen LogP contribution in [0.1, 0.15) is 12.5 Å². The van der Waals surface area contributed by atoms with Gasteiger partial charge in [0.15, 0.2) is 11.5 Å². The highest BCUT2D eigenvalue weighted by Gasteiger charge is 2.19. The third-order valence-electron chi connectivity index (χ3n) is 4.03. The van der Waals surface area contributed by atoms with E-state index >= 15 is 0 Å². The molecule has 0 fully saturated rings. The summed E-state index contributed by atoms with van der Waals surface area (Å²) in [5.74, 6) is 0.432. The van der Waals surface area contributed by atoms with Crippen LogP contribution in [0.2, 0.25) is 0 Å². The van der Waals surface area contributed by atoms with Gasteiger partial charge in [-0.2, -0.15) is 9.67 Å². The van der Waals surface area contributed by atoms with Crippen molar-refractivity contribution in [1.82, 2.24) is 25.1 Å². The molecule has 0 aliphatic carbocycles. The molecule has 2 heterocycles. The first kappa shape index (κ1) is 15.9. The Labute approximate surface area is 148 Å². The first-order valence-electron chi connectivity index (χ1n) is 8.06. The van der Waals surface area contributed by atoms with Crippen LogP contribution in [0.25, 0.3) is 28.7 Å². The van der Waals surface area contributed by atoms with Gasteiger partial charge in [-0.25, -0.2) is 4.39 Å². The van der Waals surface area contributed by atoms with Crippen molar-refractivity contribution in [1.29, 1.82) is 0 Å². The van der Waals surface area contributed by atoms with E-state index in [2.05, 4.69) is 27.4 Å². The van der Waals surface area contributed by atoms with Crippen LogP contribution in [0.3, 0.4) is 0 Å². The van der Waals surface area contributed by atoms with Gasteiger partial charge < -0.3 is 10.3 Å². The van der Waals surface area contributed by atoms with Crippen molar-refractivity contribution in [3.8, 4) is 28.7 Å². The van der Waals surface area contributed by atoms with Crippen molar-refractivity contribution in [2.75, 3.05) is 5.73 Å². The van der Waals surface area contributed by atoms with E-state index in [1.54, 1.807) is 12.1 Å². The van der Waals surface area contributed by atoms with Gasteiger partial charge in [-0.3, -0.25) is 0 Å². The number of hydrogen-bond acceptors (Lipinski definition) is 6. The minimum Gasteiger partial charge on any atom is -0.382 e. The van der Waals surface area contributed by atoms with Crippen LogP contribution in [-0.4, -0.2) is 25.1 Å². The Morgan fingerprint density at radius 2 is 1.81 bits per heavy atom. The standard InChI is InChI=1S/C18H15FN6O/c1-2-11-3-9-14(10-4-11)25-16(20)15(22-24-25)18-21-17(23-26-18)12-5-7-13(19)8-6-12/h3-10H,2,20H2,1H3. The number of aromatic nitrogens is 5. The number of aryl methyl sites for hydroxylation is 1. The molecule has 0 saturated heterocycles. The lowest BCUT2D eigenvalue weighted by Gasteiger charge is -2.03. The van der Waals surface area contributed by atoms with Gasteiger partial charge in [-0.1, -0.05) is 29.4 Å². The Balaban J connectivity index is 1.67. The van der Waals surface area contributed by atoms with Crippen molar-refractivity contribution >= 4 is 5.82 Å². The zero-order chi connectivity index (χ0) is 18.1. The van der Waals surface area contributed by atoms with Crippen molar-refractivity contribution in [2.45, 2.75) is 13.3 Å². The molecule has 2 N–H and O–H groups in total. The molecule has 0 spiro atoms. The molecule has 7 nitrogen and oxygen atoms in total. The van der Waals surface area contributed by atoms with Gasteiger partial charge in [0.25, 0.3) is 5.89 Å². The Morgan fingerprint density at radius 1 is 1.08 bits per heavy atom. The maximum Gasteiger partial charge on any atom is 0.282 e. The summed E-state index contributed by atoms with van der Waals surface area (Å²) in [7, 11) is 0. The molecule has 0 unspecified atom stereocenters. The maximum atomic E-state index is 13.0. The van der Waals surface area contributed by atoms with Gasteiger partial charge in [-0.15, -0.1) is 5.10 Å². The van der Waals surface area contributed by atoms with Crippen molar-refractivity contribution < 1.29 is 8.91 Å². The highest BCUT2D eigenvalue weighted by molar-refractivity contribution is 5.66. The minimum absolute atomic E-state index is 0.151. The van der Waals surface area contributed by atoms with Gasteiger partial charge in [0.1, 0.15) is 5.82 Å². The molecule has 8 heteroatoms. The molecule has 4 rings (SSSR count). The molecule has 130 valence electrons. The fourth-order valence-electron chi connectivity index (χ4n) is 2.54. The molecule has 2 aromatic carbocycles. The van der Waals surface area contributed by atoms with Crippen LogP contribution in [0.4, 0.5) is 10.2 Å². The smallest absolute Gasteiger partial charge is 0.282 e. The average molecular weight is 350 g/mol. The number of hydrogen-bond donors (Lipinski definition) is 1. The van der Waals surface area contributed by atoms with Gasteiger partial charge >= 0.3 is 0 Å². The minimum atomic E-state index is -0.334. The zero-order valence-corrected chi connectivity index (χ0v) is 13.9. The molecule has 0 radical (unpaired) electrons. The predicted octanol–water partition coefficient (Wildman–Crippen LogP) is 3.27. The van der Waals surface area contributed by atoms with Gasteiger partial charge in [-0.05, 0) is 48.4 Å². The van der Waals surface area contributed by atoms with Crippen LogP contribution in [0, 0.1) is 5.82 Å². The van der Waals surface area contributed by atoms with E-state index < -0.39 is 0 Å². The summed E-state index contributed by atoms with van der Waals surface area (Å²) in [6.07, 6.45) is 0.951. The molecular formula is C18H15FN6O. The Morgan fingerprint density at radius 3 is 2.50 bits per heavy atom. The monoisotopic (exact) mass is 350 g/mol. The van der Waals surface area contributed by atoms with E-state index in [1.807, 2.05) is 24.3 Å². The predicted molar refractivity (Wildman–Crippen MR) is 93.8 cm³/mol. The summed E-state index contributed by atoms with van der Waals surface area (Å²) in [5.41, 5.74) is 9.10. The Bertz CT molecular complexity index is 1040. The van der Waals surface area contributed by atoms with Crippen molar-refractivity contribution in [3.05, 3.63) is 59.9 Å². The lowest BCUT2D eigenvalue weighted by molar-refractivity contribution is 0.431. The molecule has 0 atom stereocenters. The summed E-state index contributed by atoms with van der Waals surface area (Å²) in [6, 6.07) is 13.7. The molecule has 0 bridgehead atoms. The number of benzene rings is 2. The van der Waals surface area contributed by atoms with Gasteiger partial charge in [0.05, 0.1) is 5.69 Å². The number of nitrogens with two attached hydrogens (primary N) is 1. The van der Waals surface area contributed by atoms with Crippen LogP contribution >= 0.6 is 0 Å². The molecule has 0 saturated carbocycles. The third kappa shape index (κ3) is 2.81. The zero-order valence-electron chi connectivity index (χ0n) is 13.9. The van der Waals surface area contributed by atoms with Gasteiger partial charge in [0.2, 0.25) is 5.82 Å². The first-order chi connectivity index (χ1) is 12.7. The second-order valence-electron chi connectivity index (χ2n) is 5.69. The van der Waals surface area contributed by atoms with Crippen LogP contribution in [0.15, 0.2) is 53.1 Å². The molecule has 2 aromatic heterocycles. The highest BCUT2D eigenvalue weighted by Crippen LogP contribution is 2.26. The Kier molecular flexibility index (Phi) is 3.92. The quantitative estimate of drug-likeness (QED) is 0.607. The second-order valence-corrected chi connectivity index (χ2v) is 5.69. The van der Waals surface area contributed by atoms with Crippen LogP contribution in [0.5, 0.6) is 0 Å². The van der Waals surface area contributed by atoms with E-state index in [0.29, 0.717) is 22.9 Å². The largest absolute Gasteiger partial charge is 0.382 e. The van der Waals surface area contributed by atoms with E-state index in [9.17, 15) is 4.39 Å². The lowest BCUT2D eigenvalue weighted by atomic mass is 10.1. The van der Waals surface area contributed by atoms with E-state index in [1.165, 1.54) is 22.4 Å². The van der Waals surface area contributed by atoms with Crippen molar-refractivity contribution in [2.24, 2.45) is 0 Å². The van der Waals surface area contributed by atoms with Gasteiger partial charge in [0, 0.05) is 5.56 Å². The molecule has 4 aromatic rings. The number of halogens is 1. The topological polar surface area (TPSA) is 95.6 Å². The van der Waals surface area contributed by atoms with Crippen LogP contribution < -0.4 is 5.73 Å². The summed E-state index contributed by atoms with van der Waals surface area (Å²) in [5, 5.41) is 12.0. The number of nitrogens with zero attached hydrogens (tertiary/aromatic N) is 5. The molecule has 0 aliphatic rings. The fraction of sp³-hybridized carbons (Fsp3) is 0.111. The number of nitrogen functional groups attached to an aromatic ring is 1. The average Bonchev–Trinajstić information content (AvgIpc) is 3.29. The molecule has 0 amide bonds. The number of anilines is 1. The summed E-state index contributed by atoms with van der Waals surface area (Å²) < 4.78 is 19.8. The SMILES string of the molecule is CCc1ccc(-n2nnc(-c3nc(-c4ccc(F)cc4)no3)c2N)cc1. The normalized spacial score (nSPS) is 11.0. The maximum absolute atomic E-state index is 13.0. The summed E-state index contributed by atoms with van der Waals surface area (Å²) in [6.45, 7) is 2.09. The molecule has 0 aliphatic heterocycles.